The molecule has 0 aliphatic rings. The number of carbonyl (C=O) groups excluding carboxylic acids is 1. The lowest BCUT2D eigenvalue weighted by Gasteiger charge is -2.09. The standard InChI is InChI=1S/CH2Cl2N2O5S2/c2-11(7,8)5(1(4)6)12(3,9)10/h(H2,4,6). The van der Waals surface area contributed by atoms with Gasteiger partial charge in [-0.15, -0.1) is 0 Å². The fourth-order valence-electron chi connectivity index (χ4n) is 0.321. The van der Waals surface area contributed by atoms with E-state index in [4.69, 9.17) is 0 Å². The molecule has 0 rings (SSSR count). The van der Waals surface area contributed by atoms with Gasteiger partial charge in [-0.25, -0.2) is 4.79 Å². The Kier molecular flexibility index (Phi) is 3.18. The SMILES string of the molecule is NC(=O)N(S(=O)(=O)Cl)S(=O)(=O)Cl. The second kappa shape index (κ2) is 3.24. The van der Waals surface area contributed by atoms with Crippen molar-refractivity contribution >= 4 is 45.9 Å². The van der Waals surface area contributed by atoms with Crippen LogP contribution in [0.15, 0.2) is 0 Å². The lowest BCUT2D eigenvalue weighted by atomic mass is 11.2. The summed E-state index contributed by atoms with van der Waals surface area (Å²) in [5.41, 5.74) is 4.37. The molecule has 0 aromatic rings. The number of hydrogen-bond donors (Lipinski definition) is 1. The van der Waals surface area contributed by atoms with Gasteiger partial charge in [-0.1, -0.05) is 3.71 Å². The van der Waals surface area contributed by atoms with Crippen molar-refractivity contribution in [1.82, 2.24) is 3.71 Å². The lowest BCUT2D eigenvalue weighted by Crippen LogP contribution is -2.40. The Bertz CT molecular complexity index is 350. The average Bonchev–Trinajstić information content (AvgIpc) is 1.49. The highest BCUT2D eigenvalue weighted by Crippen LogP contribution is 2.15. The van der Waals surface area contributed by atoms with E-state index in [2.05, 4.69) is 27.1 Å². The minimum Gasteiger partial charge on any atom is -0.350 e. The molecule has 0 saturated heterocycles. The van der Waals surface area contributed by atoms with Crippen LogP contribution in [-0.4, -0.2) is 26.6 Å². The number of nitrogens with two attached hydrogens (primary N) is 1. The maximum Gasteiger partial charge on any atom is 0.344 e. The summed E-state index contributed by atoms with van der Waals surface area (Å²) in [6.45, 7) is 0. The highest BCUT2D eigenvalue weighted by Gasteiger charge is 2.34. The molecule has 2 N–H and O–H groups in total. The van der Waals surface area contributed by atoms with E-state index < -0.39 is 28.2 Å². The number of halogens is 2. The smallest absolute Gasteiger partial charge is 0.344 e. The van der Waals surface area contributed by atoms with Gasteiger partial charge in [-0.05, 0) is 0 Å². The van der Waals surface area contributed by atoms with Crippen LogP contribution >= 0.6 is 21.4 Å². The summed E-state index contributed by atoms with van der Waals surface area (Å²) in [6, 6.07) is -1.81. The Labute approximate surface area is 77.1 Å². The Morgan fingerprint density at radius 2 is 1.33 bits per heavy atom. The molecule has 0 heterocycles. The first-order valence-electron chi connectivity index (χ1n) is 2.06. The van der Waals surface area contributed by atoms with Gasteiger partial charge in [0.05, 0.1) is 0 Å². The van der Waals surface area contributed by atoms with Crippen LogP contribution in [0.1, 0.15) is 0 Å². The van der Waals surface area contributed by atoms with Gasteiger partial charge >= 0.3 is 24.5 Å². The third kappa shape index (κ3) is 3.01. The largest absolute Gasteiger partial charge is 0.350 e. The molecule has 0 saturated carbocycles. The van der Waals surface area contributed by atoms with E-state index in [9.17, 15) is 21.6 Å². The van der Waals surface area contributed by atoms with Gasteiger partial charge in [0.1, 0.15) is 0 Å². The predicted octanol–water partition coefficient (Wildman–Crippen LogP) is -0.666. The van der Waals surface area contributed by atoms with Gasteiger partial charge in [0, 0.05) is 21.4 Å². The van der Waals surface area contributed by atoms with Crippen LogP contribution in [0.25, 0.3) is 0 Å². The maximum atomic E-state index is 10.3. The summed E-state index contributed by atoms with van der Waals surface area (Å²) in [4.78, 5) is 10.2. The first-order chi connectivity index (χ1) is 5.07. The number of hydrogen-bond acceptors (Lipinski definition) is 5. The van der Waals surface area contributed by atoms with Gasteiger partial charge in [-0.2, -0.15) is 16.8 Å². The average molecular weight is 257 g/mol. The number of nitrogens with zero attached hydrogens (tertiary/aromatic N) is 1. The summed E-state index contributed by atoms with van der Waals surface area (Å²) in [7, 11) is -0.596. The zero-order valence-corrected chi connectivity index (χ0v) is 8.28. The summed E-state index contributed by atoms with van der Waals surface area (Å²) >= 11 is 0. The number of rotatable bonds is 2. The number of primary amides is 1. The van der Waals surface area contributed by atoms with Crippen molar-refractivity contribution in [3.8, 4) is 0 Å². The Morgan fingerprint density at radius 3 is 1.33 bits per heavy atom. The van der Waals surface area contributed by atoms with Crippen molar-refractivity contribution in [1.29, 1.82) is 0 Å². The summed E-state index contributed by atoms with van der Waals surface area (Å²) in [5, 5.41) is 0. The molecular weight excluding hydrogens is 255 g/mol. The molecule has 72 valence electrons. The van der Waals surface area contributed by atoms with Crippen molar-refractivity contribution in [2.75, 3.05) is 0 Å². The molecule has 0 aromatic carbocycles. The monoisotopic (exact) mass is 256 g/mol. The second-order valence-corrected chi connectivity index (χ2v) is 6.37. The van der Waals surface area contributed by atoms with Crippen molar-refractivity contribution in [2.45, 2.75) is 0 Å². The van der Waals surface area contributed by atoms with Gasteiger partial charge in [0.2, 0.25) is 0 Å². The van der Waals surface area contributed by atoms with Gasteiger partial charge in [0.25, 0.3) is 0 Å². The number of amides is 2. The van der Waals surface area contributed by atoms with Gasteiger partial charge < -0.3 is 5.73 Å². The molecule has 0 aromatic heterocycles. The zero-order chi connectivity index (χ0) is 10.2. The van der Waals surface area contributed by atoms with Crippen LogP contribution in [-0.2, 0) is 18.5 Å². The van der Waals surface area contributed by atoms with Crippen LogP contribution in [0.2, 0.25) is 0 Å². The maximum absolute atomic E-state index is 10.3. The Balaban J connectivity index is 5.42. The van der Waals surface area contributed by atoms with E-state index in [0.29, 0.717) is 0 Å². The predicted molar refractivity (Wildman–Crippen MR) is 41.0 cm³/mol. The highest BCUT2D eigenvalue weighted by atomic mass is 35.7. The summed E-state index contributed by atoms with van der Waals surface area (Å²) in [5.74, 6) is 0. The van der Waals surface area contributed by atoms with Crippen LogP contribution in [0.4, 0.5) is 4.79 Å². The zero-order valence-electron chi connectivity index (χ0n) is 5.14. The van der Waals surface area contributed by atoms with E-state index in [0.717, 1.165) is 0 Å². The third-order valence-corrected chi connectivity index (χ3v) is 4.22. The molecule has 0 unspecified atom stereocenters. The molecule has 11 heteroatoms. The second-order valence-electron chi connectivity index (χ2n) is 1.42. The first-order valence-corrected chi connectivity index (χ1v) is 6.59. The van der Waals surface area contributed by atoms with Crippen LogP contribution in [0.5, 0.6) is 0 Å². The molecule has 0 bridgehead atoms. The topological polar surface area (TPSA) is 115 Å². The van der Waals surface area contributed by atoms with E-state index in [1.54, 1.807) is 0 Å². The molecular formula is CH2Cl2N2O5S2. The summed E-state index contributed by atoms with van der Waals surface area (Å²) in [6.07, 6.45) is 0. The first kappa shape index (κ1) is 11.8. The fraction of sp³-hybridized carbons (Fsp3) is 0. The fourth-order valence-corrected chi connectivity index (χ4v) is 3.60. The normalized spacial score (nSPS) is 12.5. The molecule has 7 nitrogen and oxygen atoms in total. The summed E-state index contributed by atoms with van der Waals surface area (Å²) < 4.78 is 40.5. The highest BCUT2D eigenvalue weighted by molar-refractivity contribution is 8.25. The third-order valence-electron chi connectivity index (χ3n) is 0.576. The van der Waals surface area contributed by atoms with E-state index in [-0.39, 0.29) is 0 Å². The molecule has 0 spiro atoms. The molecule has 0 fully saturated rings. The van der Waals surface area contributed by atoms with Gasteiger partial charge in [0.15, 0.2) is 0 Å². The quantitative estimate of drug-likeness (QED) is 0.659. The van der Waals surface area contributed by atoms with Crippen LogP contribution in [0, 0.1) is 0 Å². The van der Waals surface area contributed by atoms with Gasteiger partial charge in [-0.3, -0.25) is 0 Å². The number of urea groups is 1. The van der Waals surface area contributed by atoms with Crippen molar-refractivity contribution in [3.63, 3.8) is 0 Å². The Morgan fingerprint density at radius 1 is 1.08 bits per heavy atom. The molecule has 0 atom stereocenters. The van der Waals surface area contributed by atoms with E-state index in [1.165, 1.54) is 0 Å². The molecule has 0 radical (unpaired) electrons. The van der Waals surface area contributed by atoms with Crippen LogP contribution in [0.3, 0.4) is 0 Å². The van der Waals surface area contributed by atoms with Crippen molar-refractivity contribution in [3.05, 3.63) is 0 Å². The van der Waals surface area contributed by atoms with Crippen LogP contribution < -0.4 is 5.73 Å². The molecule has 12 heavy (non-hydrogen) atoms. The van der Waals surface area contributed by atoms with Crippen molar-refractivity contribution < 1.29 is 21.6 Å². The molecule has 0 aliphatic carbocycles. The lowest BCUT2D eigenvalue weighted by molar-refractivity contribution is 0.244. The Hall–Kier alpha value is -0.250. The van der Waals surface area contributed by atoms with Crippen molar-refractivity contribution in [2.24, 2.45) is 5.73 Å². The minimum atomic E-state index is -4.81. The number of carbonyl (C=O) groups is 1. The van der Waals surface area contributed by atoms with E-state index in [1.807, 2.05) is 0 Å². The molecule has 0 aliphatic heterocycles. The minimum absolute atomic E-state index is 0.844. The molecule has 2 amide bonds. The van der Waals surface area contributed by atoms with E-state index >= 15 is 0 Å².